The molecule has 3 rings (SSSR count). The molecular weight excluding hydrogens is 592 g/mol. The Labute approximate surface area is 242 Å². The van der Waals surface area contributed by atoms with E-state index in [1.54, 1.807) is 24.3 Å². The Hall–Kier alpha value is -2.49. The van der Waals surface area contributed by atoms with E-state index in [0.29, 0.717) is 15.6 Å². The third kappa shape index (κ3) is 7.12. The highest BCUT2D eigenvalue weighted by molar-refractivity contribution is 7.92. The molecule has 0 bridgehead atoms. The van der Waals surface area contributed by atoms with Gasteiger partial charge in [0.05, 0.1) is 10.6 Å². The fourth-order valence-electron chi connectivity index (χ4n) is 3.67. The van der Waals surface area contributed by atoms with E-state index in [2.05, 4.69) is 5.32 Å². The largest absolute Gasteiger partial charge is 0.357 e. The first kappa shape index (κ1) is 30.1. The number of carbonyl (C=O) groups is 2. The number of rotatable bonds is 9. The standard InChI is InChI=1S/C26H25Cl4N3O4S/c1-16-4-8-23(9-5-16)38(36,37)33(22-11-20(28)10-21(29)12-22)15-25(34)32(17(2)26(35)31-3)14-18-6-7-19(27)13-24(18)30/h4-13,17H,14-15H2,1-3H3,(H,31,35). The van der Waals surface area contributed by atoms with Crippen LogP contribution in [0.3, 0.4) is 0 Å². The zero-order valence-corrected chi connectivity index (χ0v) is 24.6. The molecule has 3 aromatic carbocycles. The number of benzene rings is 3. The van der Waals surface area contributed by atoms with Crippen LogP contribution in [0.1, 0.15) is 18.1 Å². The van der Waals surface area contributed by atoms with Gasteiger partial charge < -0.3 is 10.2 Å². The fourth-order valence-corrected chi connectivity index (χ4v) is 6.06. The molecule has 7 nitrogen and oxygen atoms in total. The van der Waals surface area contributed by atoms with Crippen LogP contribution in [0.2, 0.25) is 20.1 Å². The minimum Gasteiger partial charge on any atom is -0.357 e. The Morgan fingerprint density at radius 3 is 2.05 bits per heavy atom. The summed E-state index contributed by atoms with van der Waals surface area (Å²) in [7, 11) is -2.80. The van der Waals surface area contributed by atoms with Crippen LogP contribution >= 0.6 is 46.4 Å². The summed E-state index contributed by atoms with van der Waals surface area (Å²) >= 11 is 24.7. The van der Waals surface area contributed by atoms with Crippen LogP contribution in [0, 0.1) is 6.92 Å². The van der Waals surface area contributed by atoms with Gasteiger partial charge in [0.1, 0.15) is 12.6 Å². The molecule has 0 fully saturated rings. The van der Waals surface area contributed by atoms with Crippen molar-refractivity contribution in [1.82, 2.24) is 10.2 Å². The molecule has 0 spiro atoms. The van der Waals surface area contributed by atoms with Gasteiger partial charge in [0, 0.05) is 33.7 Å². The van der Waals surface area contributed by atoms with Crippen LogP contribution in [0.15, 0.2) is 65.6 Å². The number of sulfonamides is 1. The molecule has 3 aromatic rings. The van der Waals surface area contributed by atoms with E-state index < -0.39 is 34.4 Å². The van der Waals surface area contributed by atoms with E-state index in [4.69, 9.17) is 46.4 Å². The molecule has 0 saturated heterocycles. The van der Waals surface area contributed by atoms with Gasteiger partial charge in [-0.15, -0.1) is 0 Å². The molecule has 0 aliphatic carbocycles. The zero-order chi connectivity index (χ0) is 28.2. The van der Waals surface area contributed by atoms with Crippen LogP contribution in [0.5, 0.6) is 0 Å². The molecular formula is C26H25Cl4N3O4S. The predicted molar refractivity (Wildman–Crippen MR) is 153 cm³/mol. The van der Waals surface area contributed by atoms with Crippen molar-refractivity contribution in [1.29, 1.82) is 0 Å². The summed E-state index contributed by atoms with van der Waals surface area (Å²) in [5.74, 6) is -1.10. The van der Waals surface area contributed by atoms with Crippen LogP contribution in [0.25, 0.3) is 0 Å². The van der Waals surface area contributed by atoms with Crippen molar-refractivity contribution < 1.29 is 18.0 Å². The summed E-state index contributed by atoms with van der Waals surface area (Å²) in [4.78, 5) is 27.6. The molecule has 0 aliphatic heterocycles. The van der Waals surface area contributed by atoms with Gasteiger partial charge in [-0.05, 0) is 61.9 Å². The zero-order valence-electron chi connectivity index (χ0n) is 20.7. The Morgan fingerprint density at radius 2 is 1.50 bits per heavy atom. The second-order valence-electron chi connectivity index (χ2n) is 8.50. The Balaban J connectivity index is 2.08. The summed E-state index contributed by atoms with van der Waals surface area (Å²) in [6.45, 7) is 2.65. The van der Waals surface area contributed by atoms with Gasteiger partial charge in [-0.1, -0.05) is 70.2 Å². The molecule has 12 heteroatoms. The van der Waals surface area contributed by atoms with Crippen molar-refractivity contribution in [3.05, 3.63) is 91.9 Å². The van der Waals surface area contributed by atoms with E-state index in [9.17, 15) is 18.0 Å². The summed E-state index contributed by atoms with van der Waals surface area (Å²) < 4.78 is 28.5. The van der Waals surface area contributed by atoms with E-state index >= 15 is 0 Å². The summed E-state index contributed by atoms with van der Waals surface area (Å²) in [6, 6.07) is 14.3. The monoisotopic (exact) mass is 615 g/mol. The Morgan fingerprint density at radius 1 is 0.895 bits per heavy atom. The lowest BCUT2D eigenvalue weighted by atomic mass is 10.1. The molecule has 2 amide bonds. The number of nitrogens with zero attached hydrogens (tertiary/aromatic N) is 2. The molecule has 202 valence electrons. The van der Waals surface area contributed by atoms with Gasteiger partial charge in [-0.3, -0.25) is 13.9 Å². The fraction of sp³-hybridized carbons (Fsp3) is 0.231. The van der Waals surface area contributed by atoms with Crippen molar-refractivity contribution in [2.24, 2.45) is 0 Å². The summed E-state index contributed by atoms with van der Waals surface area (Å²) in [6.07, 6.45) is 0. The molecule has 1 N–H and O–H groups in total. The van der Waals surface area contributed by atoms with Gasteiger partial charge in [0.2, 0.25) is 11.8 Å². The number of aryl methyl sites for hydroxylation is 1. The quantitative estimate of drug-likeness (QED) is 0.321. The number of likely N-dealkylation sites (N-methyl/N-ethyl adjacent to an activating group) is 1. The second-order valence-corrected chi connectivity index (χ2v) is 12.1. The van der Waals surface area contributed by atoms with Crippen molar-refractivity contribution >= 4 is 73.9 Å². The van der Waals surface area contributed by atoms with Gasteiger partial charge in [0.25, 0.3) is 10.0 Å². The second kappa shape index (κ2) is 12.6. The maximum atomic E-state index is 13.8. The van der Waals surface area contributed by atoms with Crippen LogP contribution in [0.4, 0.5) is 5.69 Å². The van der Waals surface area contributed by atoms with E-state index in [1.165, 1.54) is 55.3 Å². The third-order valence-electron chi connectivity index (χ3n) is 5.79. The number of hydrogen-bond donors (Lipinski definition) is 1. The SMILES string of the molecule is CNC(=O)C(C)N(Cc1ccc(Cl)cc1Cl)C(=O)CN(c1cc(Cl)cc(Cl)c1)S(=O)(=O)c1ccc(C)cc1. The third-order valence-corrected chi connectivity index (χ3v) is 8.60. The first-order valence-electron chi connectivity index (χ1n) is 11.3. The Kier molecular flexibility index (Phi) is 9.95. The van der Waals surface area contributed by atoms with Gasteiger partial charge >= 0.3 is 0 Å². The van der Waals surface area contributed by atoms with Gasteiger partial charge in [-0.25, -0.2) is 8.42 Å². The van der Waals surface area contributed by atoms with Crippen molar-refractivity contribution in [3.63, 3.8) is 0 Å². The summed E-state index contributed by atoms with van der Waals surface area (Å²) in [5.41, 5.74) is 1.48. The number of amides is 2. The van der Waals surface area contributed by atoms with E-state index in [1.807, 2.05) is 6.92 Å². The van der Waals surface area contributed by atoms with Crippen LogP contribution in [-0.4, -0.2) is 44.8 Å². The highest BCUT2D eigenvalue weighted by Crippen LogP contribution is 2.30. The lowest BCUT2D eigenvalue weighted by Crippen LogP contribution is -2.50. The number of anilines is 1. The molecule has 1 atom stereocenters. The minimum atomic E-state index is -4.25. The molecule has 0 radical (unpaired) electrons. The van der Waals surface area contributed by atoms with E-state index in [-0.39, 0.29) is 27.2 Å². The van der Waals surface area contributed by atoms with Crippen molar-refractivity contribution in [2.75, 3.05) is 17.9 Å². The average Bonchev–Trinajstić information content (AvgIpc) is 2.85. The number of halogens is 4. The molecule has 0 aromatic heterocycles. The topological polar surface area (TPSA) is 86.8 Å². The van der Waals surface area contributed by atoms with Gasteiger partial charge in [-0.2, -0.15) is 0 Å². The average molecular weight is 617 g/mol. The van der Waals surface area contributed by atoms with Gasteiger partial charge in [0.15, 0.2) is 0 Å². The minimum absolute atomic E-state index is 0.0290. The first-order chi connectivity index (χ1) is 17.8. The lowest BCUT2D eigenvalue weighted by Gasteiger charge is -2.32. The molecule has 0 aliphatic rings. The highest BCUT2D eigenvalue weighted by Gasteiger charge is 2.33. The van der Waals surface area contributed by atoms with E-state index in [0.717, 1.165) is 9.87 Å². The maximum Gasteiger partial charge on any atom is 0.264 e. The Bertz CT molecular complexity index is 1430. The smallest absolute Gasteiger partial charge is 0.264 e. The normalized spacial score (nSPS) is 12.1. The first-order valence-corrected chi connectivity index (χ1v) is 14.3. The maximum absolute atomic E-state index is 13.8. The molecule has 1 unspecified atom stereocenters. The van der Waals surface area contributed by atoms with Crippen molar-refractivity contribution in [3.8, 4) is 0 Å². The van der Waals surface area contributed by atoms with Crippen LogP contribution < -0.4 is 9.62 Å². The number of carbonyl (C=O) groups excluding carboxylic acids is 2. The molecule has 0 heterocycles. The van der Waals surface area contributed by atoms with Crippen LogP contribution in [-0.2, 0) is 26.2 Å². The van der Waals surface area contributed by atoms with Crippen molar-refractivity contribution in [2.45, 2.75) is 31.3 Å². The lowest BCUT2D eigenvalue weighted by molar-refractivity contribution is -0.139. The number of nitrogens with one attached hydrogen (secondary N) is 1. The molecule has 38 heavy (non-hydrogen) atoms. The molecule has 0 saturated carbocycles. The highest BCUT2D eigenvalue weighted by atomic mass is 35.5. The number of hydrogen-bond acceptors (Lipinski definition) is 4. The predicted octanol–water partition coefficient (Wildman–Crippen LogP) is 5.97. The summed E-state index contributed by atoms with van der Waals surface area (Å²) in [5, 5.41) is 3.60.